The normalized spacial score (nSPS) is 15.8. The third kappa shape index (κ3) is 4.66. The molecule has 1 heterocycles. The lowest BCUT2D eigenvalue weighted by molar-refractivity contribution is 0.0966. The molecule has 1 aromatic heterocycles. The van der Waals surface area contributed by atoms with Crippen LogP contribution in [0.15, 0.2) is 41.0 Å². The van der Waals surface area contributed by atoms with Crippen molar-refractivity contribution in [3.8, 4) is 0 Å². The molecule has 1 amide bonds. The Hall–Kier alpha value is -1.65. The average molecular weight is 331 g/mol. The number of rotatable bonds is 6. The molecule has 0 fully saturated rings. The topological polar surface area (TPSA) is 38.3 Å². The number of amides is 1. The molecular weight excluding hydrogens is 306 g/mol. The number of allylic oxidation sites excluding steroid dienone is 3. The van der Waals surface area contributed by atoms with Gasteiger partial charge in [-0.15, -0.1) is 11.3 Å². The molecule has 0 spiro atoms. The molecule has 3 nitrogen and oxygen atoms in total. The number of hydrogen-bond donors (Lipinski definition) is 1. The first-order chi connectivity index (χ1) is 11.2. The van der Waals surface area contributed by atoms with E-state index in [0.717, 1.165) is 29.7 Å². The maximum Gasteiger partial charge on any atom is 0.256 e. The lowest BCUT2D eigenvalue weighted by atomic mass is 9.95. The first-order valence-corrected chi connectivity index (χ1v) is 8.96. The van der Waals surface area contributed by atoms with Gasteiger partial charge in [-0.05, 0) is 56.7 Å². The molecule has 0 radical (unpaired) electrons. The van der Waals surface area contributed by atoms with Crippen molar-refractivity contribution in [2.24, 2.45) is 0 Å². The van der Waals surface area contributed by atoms with Crippen molar-refractivity contribution in [1.82, 2.24) is 5.32 Å². The smallest absolute Gasteiger partial charge is 0.256 e. The van der Waals surface area contributed by atoms with Gasteiger partial charge >= 0.3 is 0 Å². The number of ether oxygens (including phenoxy) is 1. The summed E-state index contributed by atoms with van der Waals surface area (Å²) >= 11 is 1.72. The van der Waals surface area contributed by atoms with Gasteiger partial charge in [0.05, 0.1) is 12.2 Å². The van der Waals surface area contributed by atoms with E-state index in [9.17, 15) is 4.79 Å². The summed E-state index contributed by atoms with van der Waals surface area (Å²) in [5.41, 5.74) is 3.99. The van der Waals surface area contributed by atoms with Crippen LogP contribution in [0.25, 0.3) is 0 Å². The van der Waals surface area contributed by atoms with Gasteiger partial charge in [0.25, 0.3) is 5.91 Å². The Balaban J connectivity index is 2.06. The molecule has 1 aromatic rings. The van der Waals surface area contributed by atoms with Gasteiger partial charge in [-0.2, -0.15) is 0 Å². The molecule has 0 bridgehead atoms. The summed E-state index contributed by atoms with van der Waals surface area (Å²) in [6, 6.07) is 0. The van der Waals surface area contributed by atoms with Crippen LogP contribution in [-0.4, -0.2) is 19.6 Å². The first kappa shape index (κ1) is 17.7. The van der Waals surface area contributed by atoms with Crippen molar-refractivity contribution in [3.63, 3.8) is 0 Å². The van der Waals surface area contributed by atoms with Crippen LogP contribution in [0, 0.1) is 0 Å². The van der Waals surface area contributed by atoms with Crippen LogP contribution >= 0.6 is 11.3 Å². The molecule has 0 saturated heterocycles. The van der Waals surface area contributed by atoms with Crippen LogP contribution in [0.2, 0.25) is 0 Å². The van der Waals surface area contributed by atoms with Gasteiger partial charge in [0, 0.05) is 23.1 Å². The fourth-order valence-electron chi connectivity index (χ4n) is 2.68. The quantitative estimate of drug-likeness (QED) is 0.784. The Morgan fingerprint density at radius 2 is 2.04 bits per heavy atom. The second-order valence-corrected chi connectivity index (χ2v) is 6.55. The molecule has 23 heavy (non-hydrogen) atoms. The van der Waals surface area contributed by atoms with Gasteiger partial charge < -0.3 is 10.1 Å². The highest BCUT2D eigenvalue weighted by atomic mass is 32.1. The largest absolute Gasteiger partial charge is 0.380 e. The van der Waals surface area contributed by atoms with Gasteiger partial charge in [0.2, 0.25) is 0 Å². The van der Waals surface area contributed by atoms with E-state index in [1.165, 1.54) is 23.3 Å². The zero-order valence-corrected chi connectivity index (χ0v) is 15.0. The Kier molecular flexibility index (Phi) is 6.81. The highest BCUT2D eigenvalue weighted by molar-refractivity contribution is 7.10. The number of aryl methyl sites for hydroxylation is 1. The summed E-state index contributed by atoms with van der Waals surface area (Å²) in [6.07, 6.45) is 12.4. The van der Waals surface area contributed by atoms with E-state index in [-0.39, 0.29) is 5.91 Å². The Morgan fingerprint density at radius 1 is 1.26 bits per heavy atom. The monoisotopic (exact) mass is 331 g/mol. The predicted molar refractivity (Wildman–Crippen MR) is 97.0 cm³/mol. The third-order valence-electron chi connectivity index (χ3n) is 4.03. The molecule has 1 N–H and O–H groups in total. The van der Waals surface area contributed by atoms with Gasteiger partial charge in [0.1, 0.15) is 0 Å². The van der Waals surface area contributed by atoms with Gasteiger partial charge in [0.15, 0.2) is 0 Å². The first-order valence-electron chi connectivity index (χ1n) is 8.08. The third-order valence-corrected chi connectivity index (χ3v) is 5.12. The Labute approximate surface area is 142 Å². The Bertz CT molecular complexity index is 638. The number of carbonyl (C=O) groups is 1. The summed E-state index contributed by atoms with van der Waals surface area (Å²) in [5, 5.41) is 5.02. The van der Waals surface area contributed by atoms with Crippen molar-refractivity contribution in [3.05, 3.63) is 57.0 Å². The summed E-state index contributed by atoms with van der Waals surface area (Å²) in [7, 11) is 1.68. The molecule has 1 aliphatic carbocycles. The van der Waals surface area contributed by atoms with E-state index in [1.807, 2.05) is 43.5 Å². The highest BCUT2D eigenvalue weighted by Crippen LogP contribution is 2.30. The van der Waals surface area contributed by atoms with Crippen molar-refractivity contribution < 1.29 is 9.53 Å². The summed E-state index contributed by atoms with van der Waals surface area (Å²) in [5.74, 6) is -0.00378. The van der Waals surface area contributed by atoms with Gasteiger partial charge in [-0.25, -0.2) is 0 Å². The standard InChI is InChI=1S/C19H25NO2S/c1-4-14(12-22-3)10-11-15(5-2)20-19(21)17-13-23-18-9-7-6-8-16(17)18/h4-5,10-11,13H,6-9,12H2,1-3H3,(H,20,21)/b11-10-,14-4+,15-5+. The van der Waals surface area contributed by atoms with Crippen LogP contribution in [-0.2, 0) is 17.6 Å². The molecule has 0 saturated carbocycles. The average Bonchev–Trinajstić information content (AvgIpc) is 3.01. The van der Waals surface area contributed by atoms with Crippen molar-refractivity contribution >= 4 is 17.2 Å². The van der Waals surface area contributed by atoms with E-state index >= 15 is 0 Å². The molecule has 0 unspecified atom stereocenters. The number of fused-ring (bicyclic) bond motifs is 1. The lowest BCUT2D eigenvalue weighted by Gasteiger charge is -2.13. The second-order valence-electron chi connectivity index (χ2n) is 5.59. The van der Waals surface area contributed by atoms with Crippen LogP contribution in [0.3, 0.4) is 0 Å². The number of nitrogens with one attached hydrogen (secondary N) is 1. The fraction of sp³-hybridized carbons (Fsp3) is 0.421. The molecule has 124 valence electrons. The zero-order valence-electron chi connectivity index (χ0n) is 14.1. The lowest BCUT2D eigenvalue weighted by Crippen LogP contribution is -2.23. The zero-order chi connectivity index (χ0) is 16.7. The SMILES string of the molecule is C\C=C(/C=C\C(=C/C)NC(=O)c1csc2c1CCCC2)COC. The molecular formula is C19H25NO2S. The highest BCUT2D eigenvalue weighted by Gasteiger charge is 2.20. The van der Waals surface area contributed by atoms with E-state index in [2.05, 4.69) is 5.32 Å². The minimum atomic E-state index is -0.00378. The Morgan fingerprint density at radius 3 is 2.74 bits per heavy atom. The minimum absolute atomic E-state index is 0.00378. The second kappa shape index (κ2) is 8.85. The van der Waals surface area contributed by atoms with E-state index in [1.54, 1.807) is 18.4 Å². The molecule has 4 heteroatoms. The van der Waals surface area contributed by atoms with Crippen LogP contribution in [0.4, 0.5) is 0 Å². The maximum absolute atomic E-state index is 12.6. The molecule has 1 aliphatic rings. The predicted octanol–water partition coefficient (Wildman–Crippen LogP) is 4.41. The fourth-order valence-corrected chi connectivity index (χ4v) is 3.81. The van der Waals surface area contributed by atoms with E-state index in [0.29, 0.717) is 6.61 Å². The van der Waals surface area contributed by atoms with Crippen LogP contribution < -0.4 is 5.32 Å². The molecule has 0 aliphatic heterocycles. The van der Waals surface area contributed by atoms with Crippen molar-refractivity contribution in [2.75, 3.05) is 13.7 Å². The number of hydrogen-bond acceptors (Lipinski definition) is 3. The maximum atomic E-state index is 12.6. The number of methoxy groups -OCH3 is 1. The van der Waals surface area contributed by atoms with Crippen LogP contribution in [0.1, 0.15) is 47.5 Å². The van der Waals surface area contributed by atoms with E-state index < -0.39 is 0 Å². The van der Waals surface area contributed by atoms with E-state index in [4.69, 9.17) is 4.74 Å². The van der Waals surface area contributed by atoms with Crippen LogP contribution in [0.5, 0.6) is 0 Å². The number of carbonyl (C=O) groups excluding carboxylic acids is 1. The summed E-state index contributed by atoms with van der Waals surface area (Å²) < 4.78 is 5.14. The molecule has 2 rings (SSSR count). The summed E-state index contributed by atoms with van der Waals surface area (Å²) in [6.45, 7) is 4.47. The molecule has 0 atom stereocenters. The van der Waals surface area contributed by atoms with Gasteiger partial charge in [-0.1, -0.05) is 18.2 Å². The van der Waals surface area contributed by atoms with Crippen molar-refractivity contribution in [1.29, 1.82) is 0 Å². The minimum Gasteiger partial charge on any atom is -0.380 e. The van der Waals surface area contributed by atoms with Crippen molar-refractivity contribution in [2.45, 2.75) is 39.5 Å². The van der Waals surface area contributed by atoms with Gasteiger partial charge in [-0.3, -0.25) is 4.79 Å². The number of thiophene rings is 1. The molecule has 0 aromatic carbocycles. The summed E-state index contributed by atoms with van der Waals surface area (Å²) in [4.78, 5) is 14.0.